The number of ether oxygens (including phenoxy) is 3. The van der Waals surface area contributed by atoms with E-state index in [-0.39, 0.29) is 24.5 Å². The van der Waals surface area contributed by atoms with Crippen LogP contribution in [0.25, 0.3) is 0 Å². The van der Waals surface area contributed by atoms with Crippen LogP contribution in [-0.4, -0.2) is 55.2 Å². The fourth-order valence-corrected chi connectivity index (χ4v) is 3.42. The third kappa shape index (κ3) is 3.01. The number of hydrogen-bond donors (Lipinski definition) is 1. The minimum atomic E-state index is -0.795. The molecule has 146 valence electrons. The third-order valence-corrected chi connectivity index (χ3v) is 4.71. The number of hydrogen-bond acceptors (Lipinski definition) is 7. The molecule has 8 nitrogen and oxygen atoms in total. The number of furan rings is 1. The van der Waals surface area contributed by atoms with Crippen LogP contribution in [-0.2, 0) is 9.53 Å². The predicted octanol–water partition coefficient (Wildman–Crippen LogP) is 2.28. The average molecular weight is 385 g/mol. The van der Waals surface area contributed by atoms with E-state index in [2.05, 4.69) is 0 Å². The number of ketones is 1. The first kappa shape index (κ1) is 18.1. The summed E-state index contributed by atoms with van der Waals surface area (Å²) in [5.74, 6) is -0.598. The lowest BCUT2D eigenvalue weighted by Gasteiger charge is -2.27. The summed E-state index contributed by atoms with van der Waals surface area (Å²) in [6.07, 6.45) is 1.36. The molecular formula is C20H19NO7. The van der Waals surface area contributed by atoms with Crippen molar-refractivity contribution < 1.29 is 33.3 Å². The van der Waals surface area contributed by atoms with Crippen LogP contribution < -0.4 is 9.47 Å². The molecule has 0 fully saturated rings. The quantitative estimate of drug-likeness (QED) is 0.762. The first-order chi connectivity index (χ1) is 13.6. The SMILES string of the molecule is COCCN1C(=O)C(O)=C(C(=O)c2ccco2)C1c1ccc2c(c1)OCCO2. The molecule has 1 aromatic heterocycles. The lowest BCUT2D eigenvalue weighted by Crippen LogP contribution is -2.34. The number of aliphatic hydroxyl groups is 1. The number of fused-ring (bicyclic) bond motifs is 1. The van der Waals surface area contributed by atoms with Gasteiger partial charge in [-0.25, -0.2) is 0 Å². The highest BCUT2D eigenvalue weighted by Gasteiger charge is 2.44. The summed E-state index contributed by atoms with van der Waals surface area (Å²) < 4.78 is 21.4. The van der Waals surface area contributed by atoms with Crippen molar-refractivity contribution in [2.24, 2.45) is 0 Å². The summed E-state index contributed by atoms with van der Waals surface area (Å²) in [5.41, 5.74) is 0.584. The molecule has 1 atom stereocenters. The lowest BCUT2D eigenvalue weighted by atomic mass is 9.94. The Hall–Kier alpha value is -3.26. The van der Waals surface area contributed by atoms with Crippen LogP contribution in [0, 0.1) is 0 Å². The first-order valence-corrected chi connectivity index (χ1v) is 8.82. The average Bonchev–Trinajstić information content (AvgIpc) is 3.34. The summed E-state index contributed by atoms with van der Waals surface area (Å²) in [5, 5.41) is 10.5. The second-order valence-electron chi connectivity index (χ2n) is 6.37. The second-order valence-corrected chi connectivity index (χ2v) is 6.37. The van der Waals surface area contributed by atoms with Crippen molar-refractivity contribution in [1.29, 1.82) is 0 Å². The van der Waals surface area contributed by atoms with Crippen LogP contribution in [0.4, 0.5) is 0 Å². The molecule has 0 spiro atoms. The fraction of sp³-hybridized carbons (Fsp3) is 0.300. The minimum Gasteiger partial charge on any atom is -0.503 e. The van der Waals surface area contributed by atoms with Crippen molar-refractivity contribution in [2.75, 3.05) is 33.5 Å². The zero-order chi connectivity index (χ0) is 19.7. The lowest BCUT2D eigenvalue weighted by molar-refractivity contribution is -0.130. The zero-order valence-corrected chi connectivity index (χ0v) is 15.2. The number of benzene rings is 1. The summed E-state index contributed by atoms with van der Waals surface area (Å²) in [6, 6.07) is 7.47. The summed E-state index contributed by atoms with van der Waals surface area (Å²) in [6.45, 7) is 1.32. The van der Waals surface area contributed by atoms with Crippen LogP contribution >= 0.6 is 0 Å². The molecule has 0 bridgehead atoms. The van der Waals surface area contributed by atoms with Crippen molar-refractivity contribution in [3.8, 4) is 11.5 Å². The van der Waals surface area contributed by atoms with Gasteiger partial charge in [-0.1, -0.05) is 6.07 Å². The summed E-state index contributed by atoms with van der Waals surface area (Å²) >= 11 is 0. The fourth-order valence-electron chi connectivity index (χ4n) is 3.42. The number of rotatable bonds is 6. The van der Waals surface area contributed by atoms with Gasteiger partial charge < -0.3 is 28.6 Å². The number of nitrogens with zero attached hydrogens (tertiary/aromatic N) is 1. The third-order valence-electron chi connectivity index (χ3n) is 4.71. The van der Waals surface area contributed by atoms with Gasteiger partial charge >= 0.3 is 0 Å². The maximum absolute atomic E-state index is 13.0. The van der Waals surface area contributed by atoms with Crippen LogP contribution in [0.1, 0.15) is 22.2 Å². The van der Waals surface area contributed by atoms with Crippen LogP contribution in [0.3, 0.4) is 0 Å². The molecule has 1 amide bonds. The van der Waals surface area contributed by atoms with E-state index in [0.29, 0.717) is 30.3 Å². The van der Waals surface area contributed by atoms with E-state index in [0.717, 1.165) is 0 Å². The molecule has 0 saturated carbocycles. The standard InChI is InChI=1S/C20H19NO7/c1-25-8-6-21-17(12-4-5-13-15(11-12)28-10-9-27-13)16(19(23)20(21)24)18(22)14-3-2-7-26-14/h2-5,7,11,17,23H,6,8-10H2,1H3. The Balaban J connectivity index is 1.78. The smallest absolute Gasteiger partial charge is 0.290 e. The Labute approximate surface area is 160 Å². The Morgan fingerprint density at radius 3 is 2.75 bits per heavy atom. The van der Waals surface area contributed by atoms with Crippen molar-refractivity contribution in [3.63, 3.8) is 0 Å². The molecule has 4 rings (SSSR count). The van der Waals surface area contributed by atoms with Crippen LogP contribution in [0.2, 0.25) is 0 Å². The molecule has 28 heavy (non-hydrogen) atoms. The Morgan fingerprint density at radius 2 is 2.04 bits per heavy atom. The van der Waals surface area contributed by atoms with Crippen LogP contribution in [0.15, 0.2) is 52.3 Å². The van der Waals surface area contributed by atoms with Gasteiger partial charge in [0.15, 0.2) is 23.0 Å². The van der Waals surface area contributed by atoms with E-state index in [1.807, 2.05) is 0 Å². The molecule has 1 unspecified atom stereocenters. The highest BCUT2D eigenvalue weighted by molar-refractivity contribution is 6.15. The second kappa shape index (κ2) is 7.40. The van der Waals surface area contributed by atoms with E-state index in [4.69, 9.17) is 18.6 Å². The van der Waals surface area contributed by atoms with Gasteiger partial charge in [0.25, 0.3) is 5.91 Å². The van der Waals surface area contributed by atoms with Gasteiger partial charge in [-0.3, -0.25) is 9.59 Å². The number of aliphatic hydroxyl groups excluding tert-OH is 1. The molecule has 2 aromatic rings. The maximum atomic E-state index is 13.0. The molecule has 1 N–H and O–H groups in total. The number of Topliss-reactive ketones (excluding diaryl/α,β-unsaturated/α-hetero) is 1. The number of carbonyl (C=O) groups is 2. The minimum absolute atomic E-state index is 0.0345. The number of methoxy groups -OCH3 is 1. The molecule has 2 aliphatic rings. The first-order valence-electron chi connectivity index (χ1n) is 8.82. The zero-order valence-electron chi connectivity index (χ0n) is 15.2. The number of amides is 1. The van der Waals surface area contributed by atoms with E-state index in [1.165, 1.54) is 24.3 Å². The normalized spacial score (nSPS) is 18.7. The largest absolute Gasteiger partial charge is 0.503 e. The summed E-state index contributed by atoms with van der Waals surface area (Å²) in [4.78, 5) is 27.1. The van der Waals surface area contributed by atoms with Gasteiger partial charge in [-0.15, -0.1) is 0 Å². The Morgan fingerprint density at radius 1 is 1.25 bits per heavy atom. The predicted molar refractivity (Wildman–Crippen MR) is 96.5 cm³/mol. The molecule has 1 aromatic carbocycles. The van der Waals surface area contributed by atoms with Crippen LogP contribution in [0.5, 0.6) is 11.5 Å². The maximum Gasteiger partial charge on any atom is 0.290 e. The van der Waals surface area contributed by atoms with Crippen molar-refractivity contribution >= 4 is 11.7 Å². The van der Waals surface area contributed by atoms with Gasteiger partial charge in [0, 0.05) is 13.7 Å². The molecular weight excluding hydrogens is 366 g/mol. The molecule has 3 heterocycles. The van der Waals surface area contributed by atoms with Gasteiger partial charge in [0.2, 0.25) is 5.78 Å². The van der Waals surface area contributed by atoms with Gasteiger partial charge in [0.05, 0.1) is 24.5 Å². The monoisotopic (exact) mass is 385 g/mol. The molecule has 0 radical (unpaired) electrons. The number of carbonyl (C=O) groups excluding carboxylic acids is 2. The highest BCUT2D eigenvalue weighted by Crippen LogP contribution is 2.42. The van der Waals surface area contributed by atoms with Gasteiger partial charge in [-0.05, 0) is 29.8 Å². The topological polar surface area (TPSA) is 98.4 Å². The van der Waals surface area contributed by atoms with E-state index in [9.17, 15) is 14.7 Å². The molecule has 0 aliphatic carbocycles. The van der Waals surface area contributed by atoms with Crippen molar-refractivity contribution in [3.05, 3.63) is 59.3 Å². The Bertz CT molecular complexity index is 932. The Kier molecular flexibility index (Phi) is 4.79. The van der Waals surface area contributed by atoms with Crippen molar-refractivity contribution in [1.82, 2.24) is 4.90 Å². The molecule has 0 saturated heterocycles. The van der Waals surface area contributed by atoms with Gasteiger partial charge in [-0.2, -0.15) is 0 Å². The molecule has 2 aliphatic heterocycles. The van der Waals surface area contributed by atoms with E-state index >= 15 is 0 Å². The van der Waals surface area contributed by atoms with E-state index < -0.39 is 23.5 Å². The van der Waals surface area contributed by atoms with E-state index in [1.54, 1.807) is 24.3 Å². The van der Waals surface area contributed by atoms with Gasteiger partial charge in [0.1, 0.15) is 13.2 Å². The van der Waals surface area contributed by atoms with Crippen molar-refractivity contribution in [2.45, 2.75) is 6.04 Å². The molecule has 8 heteroatoms. The summed E-state index contributed by atoms with van der Waals surface area (Å²) in [7, 11) is 1.52. The highest BCUT2D eigenvalue weighted by atomic mass is 16.6.